The van der Waals surface area contributed by atoms with Crippen molar-refractivity contribution in [3.05, 3.63) is 51.8 Å². The zero-order valence-corrected chi connectivity index (χ0v) is 25.0. The first-order chi connectivity index (χ1) is 20.3. The topological polar surface area (TPSA) is 92.5 Å². The fraction of sp³-hybridized carbons (Fsp3) is 0.600. The summed E-state index contributed by atoms with van der Waals surface area (Å²) in [6.45, 7) is 4.68. The van der Waals surface area contributed by atoms with Crippen LogP contribution in [0.4, 0.5) is 26.3 Å². The lowest BCUT2D eigenvalue weighted by atomic mass is 9.74. The predicted octanol–water partition coefficient (Wildman–Crippen LogP) is 7.54. The van der Waals surface area contributed by atoms with Gasteiger partial charge in [-0.2, -0.15) is 31.4 Å². The number of fused-ring (bicyclic) bond motifs is 1. The molecule has 14 heteroatoms. The molecule has 3 saturated carbocycles. The molecule has 0 aliphatic heterocycles. The molecule has 0 saturated heterocycles. The third-order valence-electron chi connectivity index (χ3n) is 10.2. The smallest absolute Gasteiger partial charge is 0.433 e. The van der Waals surface area contributed by atoms with Gasteiger partial charge in [-0.1, -0.05) is 31.5 Å². The van der Waals surface area contributed by atoms with Crippen molar-refractivity contribution in [2.45, 2.75) is 83.7 Å². The highest BCUT2D eigenvalue weighted by molar-refractivity contribution is 6.34. The minimum absolute atomic E-state index is 0.0468. The molecule has 1 N–H and O–H groups in total. The van der Waals surface area contributed by atoms with Crippen LogP contribution in [-0.4, -0.2) is 50.0 Å². The van der Waals surface area contributed by atoms with Gasteiger partial charge in [-0.15, -0.1) is 0 Å². The molecule has 1 aromatic carbocycles. The highest BCUT2D eigenvalue weighted by atomic mass is 35.5. The lowest BCUT2D eigenvalue weighted by molar-refractivity contribution is -0.152. The van der Waals surface area contributed by atoms with E-state index in [1.165, 1.54) is 6.92 Å². The maximum Gasteiger partial charge on any atom is 0.433 e. The van der Waals surface area contributed by atoms with Crippen molar-refractivity contribution in [2.24, 2.45) is 22.7 Å². The molecule has 0 radical (unpaired) electrons. The van der Waals surface area contributed by atoms with Crippen LogP contribution in [0.2, 0.25) is 5.02 Å². The van der Waals surface area contributed by atoms with Crippen LogP contribution < -0.4 is 0 Å². The van der Waals surface area contributed by atoms with Gasteiger partial charge >= 0.3 is 18.3 Å². The van der Waals surface area contributed by atoms with Crippen molar-refractivity contribution in [3.63, 3.8) is 0 Å². The molecule has 0 spiro atoms. The predicted molar refractivity (Wildman–Crippen MR) is 146 cm³/mol. The van der Waals surface area contributed by atoms with E-state index in [0.717, 1.165) is 23.2 Å². The Morgan fingerprint density at radius 1 is 1.02 bits per heavy atom. The standard InChI is InChI=1S/C30H32ClF6N3O4/c1-27(2)19-11-16(12-20(19)27)39(14-22(41)23-18(29(32,33)34)5-4-6-21(23)31)25(42)17-13-38-40(24(17)30(35,36)37)15-7-9-28(3,10-8-15)26(43)44/h4-6,13,15-16,19-20H,7-12,14H2,1-3H3,(H,43,44). The summed E-state index contributed by atoms with van der Waals surface area (Å²) < 4.78 is 85.8. The summed E-state index contributed by atoms with van der Waals surface area (Å²) in [5.74, 6) is -3.04. The van der Waals surface area contributed by atoms with Crippen molar-refractivity contribution in [1.29, 1.82) is 0 Å². The number of Topliss-reactive ketones (excluding diaryl/α,β-unsaturated/α-hetero) is 1. The minimum atomic E-state index is -5.04. The van der Waals surface area contributed by atoms with Gasteiger partial charge in [0, 0.05) is 6.04 Å². The van der Waals surface area contributed by atoms with Crippen LogP contribution in [-0.2, 0) is 17.1 Å². The molecule has 3 fully saturated rings. The number of hydrogen-bond acceptors (Lipinski definition) is 4. The van der Waals surface area contributed by atoms with E-state index in [2.05, 4.69) is 5.10 Å². The Bertz CT molecular complexity index is 1480. The van der Waals surface area contributed by atoms with Crippen LogP contribution in [0, 0.1) is 22.7 Å². The highest BCUT2D eigenvalue weighted by Gasteiger charge is 2.63. The van der Waals surface area contributed by atoms with Gasteiger partial charge < -0.3 is 10.0 Å². The van der Waals surface area contributed by atoms with E-state index in [0.29, 0.717) is 23.6 Å². The van der Waals surface area contributed by atoms with Gasteiger partial charge in [0.05, 0.1) is 45.9 Å². The van der Waals surface area contributed by atoms with Crippen molar-refractivity contribution in [1.82, 2.24) is 14.7 Å². The van der Waals surface area contributed by atoms with Gasteiger partial charge in [-0.3, -0.25) is 19.1 Å². The number of hydrogen-bond donors (Lipinski definition) is 1. The van der Waals surface area contributed by atoms with E-state index in [1.807, 2.05) is 13.8 Å². The molecule has 3 aliphatic carbocycles. The molecular formula is C30H32ClF6N3O4. The number of ketones is 1. The summed E-state index contributed by atoms with van der Waals surface area (Å²) in [6.07, 6.45) is -8.06. The van der Waals surface area contributed by atoms with E-state index in [9.17, 15) is 45.8 Å². The molecule has 3 aliphatic rings. The number of carbonyl (C=O) groups excluding carboxylic acids is 2. The van der Waals surface area contributed by atoms with Gasteiger partial charge in [0.1, 0.15) is 0 Å². The van der Waals surface area contributed by atoms with Crippen molar-refractivity contribution < 1.29 is 45.8 Å². The maximum atomic E-state index is 14.6. The molecule has 7 nitrogen and oxygen atoms in total. The number of aromatic nitrogens is 2. The average Bonchev–Trinajstić information content (AvgIpc) is 3.35. The number of halogens is 7. The summed E-state index contributed by atoms with van der Waals surface area (Å²) in [7, 11) is 0. The Morgan fingerprint density at radius 2 is 1.61 bits per heavy atom. The Hall–Kier alpha value is -3.09. The van der Waals surface area contributed by atoms with Gasteiger partial charge in [0.25, 0.3) is 5.91 Å². The number of aliphatic carboxylic acids is 1. The Labute approximate surface area is 254 Å². The van der Waals surface area contributed by atoms with Gasteiger partial charge in [0.2, 0.25) is 0 Å². The first-order valence-electron chi connectivity index (χ1n) is 14.4. The largest absolute Gasteiger partial charge is 0.481 e. The summed E-state index contributed by atoms with van der Waals surface area (Å²) in [4.78, 5) is 40.0. The second-order valence-corrected chi connectivity index (χ2v) is 13.5. The van der Waals surface area contributed by atoms with Crippen LogP contribution in [0.3, 0.4) is 0 Å². The maximum absolute atomic E-state index is 14.6. The number of rotatable bonds is 7. The zero-order valence-electron chi connectivity index (χ0n) is 24.2. The molecule has 2 aromatic rings. The molecule has 5 rings (SSSR count). The molecular weight excluding hydrogens is 616 g/mol. The molecule has 240 valence electrons. The van der Waals surface area contributed by atoms with Crippen LogP contribution in [0.1, 0.15) is 97.3 Å². The molecule has 44 heavy (non-hydrogen) atoms. The first-order valence-corrected chi connectivity index (χ1v) is 14.7. The molecule has 2 atom stereocenters. The van der Waals surface area contributed by atoms with E-state index < -0.39 is 81.5 Å². The number of carboxylic acids is 1. The second-order valence-electron chi connectivity index (χ2n) is 13.1. The van der Waals surface area contributed by atoms with Crippen LogP contribution >= 0.6 is 11.6 Å². The summed E-state index contributed by atoms with van der Waals surface area (Å²) in [5.41, 5.74) is -5.43. The lowest BCUT2D eigenvalue weighted by Gasteiger charge is -2.35. The van der Waals surface area contributed by atoms with E-state index in [1.54, 1.807) is 0 Å². The summed E-state index contributed by atoms with van der Waals surface area (Å²) in [6, 6.07) is 1.32. The zero-order chi connectivity index (χ0) is 32.6. The summed E-state index contributed by atoms with van der Waals surface area (Å²) >= 11 is 6.03. The van der Waals surface area contributed by atoms with E-state index >= 15 is 0 Å². The fourth-order valence-electron chi connectivity index (χ4n) is 7.31. The minimum Gasteiger partial charge on any atom is -0.481 e. The third kappa shape index (κ3) is 5.60. The Kier molecular flexibility index (Phi) is 7.91. The fourth-order valence-corrected chi connectivity index (χ4v) is 7.59. The van der Waals surface area contributed by atoms with E-state index in [4.69, 9.17) is 11.6 Å². The monoisotopic (exact) mass is 647 g/mol. The van der Waals surface area contributed by atoms with Crippen LogP contribution in [0.5, 0.6) is 0 Å². The number of carboxylic acid groups (broad SMARTS) is 1. The second kappa shape index (κ2) is 10.8. The number of carbonyl (C=O) groups is 3. The van der Waals surface area contributed by atoms with Crippen LogP contribution in [0.25, 0.3) is 0 Å². The number of alkyl halides is 6. The van der Waals surface area contributed by atoms with E-state index in [-0.39, 0.29) is 42.9 Å². The molecule has 0 bridgehead atoms. The van der Waals surface area contributed by atoms with Crippen molar-refractivity contribution >= 4 is 29.3 Å². The van der Waals surface area contributed by atoms with Gasteiger partial charge in [-0.25, -0.2) is 0 Å². The molecule has 1 aromatic heterocycles. The first kappa shape index (κ1) is 32.3. The Balaban J connectivity index is 1.50. The average molecular weight is 648 g/mol. The van der Waals surface area contributed by atoms with Crippen LogP contribution in [0.15, 0.2) is 24.4 Å². The number of amides is 1. The quantitative estimate of drug-likeness (QED) is 0.248. The molecule has 1 amide bonds. The van der Waals surface area contributed by atoms with Crippen molar-refractivity contribution in [2.75, 3.05) is 6.54 Å². The number of benzene rings is 1. The van der Waals surface area contributed by atoms with Crippen molar-refractivity contribution in [3.8, 4) is 0 Å². The van der Waals surface area contributed by atoms with Gasteiger partial charge in [-0.05, 0) is 74.8 Å². The third-order valence-corrected chi connectivity index (χ3v) is 10.5. The molecule has 1 heterocycles. The normalized spacial score (nSPS) is 28.0. The molecule has 2 unspecified atom stereocenters. The summed E-state index contributed by atoms with van der Waals surface area (Å²) in [5, 5.41) is 13.0. The lowest BCUT2D eigenvalue weighted by Crippen LogP contribution is -2.44. The Morgan fingerprint density at radius 3 is 2.14 bits per heavy atom. The number of nitrogens with zero attached hydrogens (tertiary/aromatic N) is 3. The van der Waals surface area contributed by atoms with Gasteiger partial charge in [0.15, 0.2) is 11.5 Å². The highest BCUT2D eigenvalue weighted by Crippen LogP contribution is 2.67. The SMILES string of the molecule is CC1(C(=O)O)CCC(n2ncc(C(=O)N(CC(=O)c3c(Cl)cccc3C(F)(F)F)C3CC4C(C3)C4(C)C)c2C(F)(F)F)CC1.